The van der Waals surface area contributed by atoms with Crippen LogP contribution in [0.3, 0.4) is 0 Å². The third kappa shape index (κ3) is 25.4. The molecule has 320 valence electrons. The Morgan fingerprint density at radius 3 is 1.05 bits per heavy atom. The van der Waals surface area contributed by atoms with E-state index in [9.17, 15) is 18.0 Å². The zero-order chi connectivity index (χ0) is 41.1. The molecule has 0 bridgehead atoms. The summed E-state index contributed by atoms with van der Waals surface area (Å²) in [6.07, 6.45) is 36.9. The summed E-state index contributed by atoms with van der Waals surface area (Å²) in [6, 6.07) is 12.3. The van der Waals surface area contributed by atoms with Gasteiger partial charge in [0.05, 0.1) is 9.79 Å². The Balaban J connectivity index is 1.53. The van der Waals surface area contributed by atoms with E-state index in [2.05, 4.69) is 13.8 Å². The summed E-state index contributed by atoms with van der Waals surface area (Å²) in [5.74, 6) is 0.161. The molecule has 0 heterocycles. The average Bonchev–Trinajstić information content (AvgIpc) is 3.22. The minimum absolute atomic E-state index is 0.0923. The lowest BCUT2D eigenvalue weighted by Gasteiger charge is -2.10. The second kappa shape index (κ2) is 33.4. The van der Waals surface area contributed by atoms with Gasteiger partial charge in [-0.15, -0.1) is 0 Å². The lowest BCUT2D eigenvalue weighted by atomic mass is 10.1. The van der Waals surface area contributed by atoms with Crippen molar-refractivity contribution in [1.82, 2.24) is 0 Å². The van der Waals surface area contributed by atoms with E-state index in [-0.39, 0.29) is 36.2 Å². The van der Waals surface area contributed by atoms with Crippen LogP contribution in [0.2, 0.25) is 0 Å². The fourth-order valence-electron chi connectivity index (χ4n) is 6.48. The number of carbonyl (C=O) groups is 2. The van der Waals surface area contributed by atoms with Gasteiger partial charge in [0.15, 0.2) is 0 Å². The van der Waals surface area contributed by atoms with E-state index >= 15 is 0 Å². The van der Waals surface area contributed by atoms with Gasteiger partial charge in [-0.3, -0.25) is 0 Å². The van der Waals surface area contributed by atoms with Crippen molar-refractivity contribution in [2.24, 2.45) is 0 Å². The standard InChI is InChI=1S/C48H74O8S/c1-3-5-7-9-11-13-15-17-19-21-23-25-27-29-47(49)55-41-39-53-43-31-35-45(36-32-43)57(51,52)46-37-33-44(34-38-46)54-40-42-56-48(50)30-28-26-24-22-20-18-16-14-12-10-8-6-4-2/h27-38H,3-26,39-42H2,1-2H3/b29-27+,30-28+. The molecule has 0 fully saturated rings. The summed E-state index contributed by atoms with van der Waals surface area (Å²) in [5.41, 5.74) is 0. The van der Waals surface area contributed by atoms with Crippen molar-refractivity contribution in [3.05, 3.63) is 72.8 Å². The molecule has 57 heavy (non-hydrogen) atoms. The van der Waals surface area contributed by atoms with Gasteiger partial charge in [0.1, 0.15) is 37.9 Å². The SMILES string of the molecule is CCCCCCCCCCCCC/C=C/C(=O)OCCOc1ccc(S(=O)(=O)c2ccc(OCCOC(=O)/C=C/CCCCCCCCCCCCC)cc2)cc1. The highest BCUT2D eigenvalue weighted by Crippen LogP contribution is 2.25. The number of esters is 2. The van der Waals surface area contributed by atoms with Crippen LogP contribution < -0.4 is 9.47 Å². The van der Waals surface area contributed by atoms with Crippen LogP contribution in [0.1, 0.15) is 168 Å². The van der Waals surface area contributed by atoms with E-state index in [0.29, 0.717) is 11.5 Å². The van der Waals surface area contributed by atoms with Crippen molar-refractivity contribution in [3.8, 4) is 11.5 Å². The highest BCUT2D eigenvalue weighted by molar-refractivity contribution is 7.91. The molecule has 8 nitrogen and oxygen atoms in total. The van der Waals surface area contributed by atoms with Crippen LogP contribution in [0.25, 0.3) is 0 Å². The Morgan fingerprint density at radius 1 is 0.439 bits per heavy atom. The molecule has 0 aromatic heterocycles. The number of carbonyl (C=O) groups excluding carboxylic acids is 2. The van der Waals surface area contributed by atoms with Crippen molar-refractivity contribution in [2.75, 3.05) is 26.4 Å². The van der Waals surface area contributed by atoms with Gasteiger partial charge in [0, 0.05) is 12.2 Å². The third-order valence-corrected chi connectivity index (χ3v) is 11.7. The van der Waals surface area contributed by atoms with Gasteiger partial charge in [0.25, 0.3) is 0 Å². The van der Waals surface area contributed by atoms with Crippen LogP contribution in [0.15, 0.2) is 82.6 Å². The van der Waals surface area contributed by atoms with E-state index in [1.165, 1.54) is 165 Å². The van der Waals surface area contributed by atoms with Gasteiger partial charge in [-0.05, 0) is 74.2 Å². The largest absolute Gasteiger partial charge is 0.490 e. The molecule has 0 aliphatic rings. The lowest BCUT2D eigenvalue weighted by molar-refractivity contribution is -0.139. The molecule has 0 N–H and O–H groups in total. The predicted octanol–water partition coefficient (Wildman–Crippen LogP) is 12.9. The molecule has 0 spiro atoms. The fourth-order valence-corrected chi connectivity index (χ4v) is 7.74. The maximum atomic E-state index is 13.2. The van der Waals surface area contributed by atoms with Crippen molar-refractivity contribution in [1.29, 1.82) is 0 Å². The second-order valence-corrected chi connectivity index (χ2v) is 16.9. The summed E-state index contributed by atoms with van der Waals surface area (Å²) < 4.78 is 48.1. The molecular weight excluding hydrogens is 737 g/mol. The van der Waals surface area contributed by atoms with Gasteiger partial charge in [-0.1, -0.05) is 154 Å². The molecule has 0 saturated carbocycles. The Morgan fingerprint density at radius 2 is 0.737 bits per heavy atom. The first-order valence-corrected chi connectivity index (χ1v) is 23.7. The zero-order valence-electron chi connectivity index (χ0n) is 35.4. The molecule has 0 saturated heterocycles. The van der Waals surface area contributed by atoms with Crippen LogP contribution in [0, 0.1) is 0 Å². The van der Waals surface area contributed by atoms with E-state index in [1.54, 1.807) is 24.3 Å². The van der Waals surface area contributed by atoms with E-state index in [4.69, 9.17) is 18.9 Å². The van der Waals surface area contributed by atoms with E-state index in [0.717, 1.165) is 25.7 Å². The minimum atomic E-state index is -3.76. The maximum Gasteiger partial charge on any atom is 0.330 e. The Kier molecular flexibility index (Phi) is 29.0. The number of rotatable bonds is 36. The molecule has 0 amide bonds. The Bertz CT molecular complexity index is 1360. The van der Waals surface area contributed by atoms with Crippen molar-refractivity contribution < 1.29 is 37.0 Å². The van der Waals surface area contributed by atoms with E-state index < -0.39 is 21.8 Å². The lowest BCUT2D eigenvalue weighted by Crippen LogP contribution is -2.10. The topological polar surface area (TPSA) is 105 Å². The summed E-state index contributed by atoms with van der Waals surface area (Å²) >= 11 is 0. The van der Waals surface area contributed by atoms with Crippen molar-refractivity contribution in [2.45, 2.75) is 178 Å². The first-order valence-electron chi connectivity index (χ1n) is 22.2. The third-order valence-electron chi connectivity index (χ3n) is 9.92. The molecule has 2 aromatic carbocycles. The number of allylic oxidation sites excluding steroid dienone is 2. The normalized spacial score (nSPS) is 11.7. The molecule has 0 radical (unpaired) electrons. The van der Waals surface area contributed by atoms with Gasteiger partial charge in [-0.25, -0.2) is 18.0 Å². The highest BCUT2D eigenvalue weighted by Gasteiger charge is 2.18. The second-order valence-electron chi connectivity index (χ2n) is 14.9. The van der Waals surface area contributed by atoms with Gasteiger partial charge < -0.3 is 18.9 Å². The fraction of sp³-hybridized carbons (Fsp3) is 0.625. The number of hydrogen-bond donors (Lipinski definition) is 0. The molecule has 0 atom stereocenters. The van der Waals surface area contributed by atoms with Gasteiger partial charge in [0.2, 0.25) is 9.84 Å². The molecule has 2 rings (SSSR count). The van der Waals surface area contributed by atoms with Gasteiger partial charge >= 0.3 is 11.9 Å². The molecule has 2 aromatic rings. The van der Waals surface area contributed by atoms with Gasteiger partial charge in [-0.2, -0.15) is 0 Å². The molecule has 0 aliphatic heterocycles. The van der Waals surface area contributed by atoms with Crippen LogP contribution in [0.5, 0.6) is 11.5 Å². The van der Waals surface area contributed by atoms with Crippen molar-refractivity contribution in [3.63, 3.8) is 0 Å². The zero-order valence-corrected chi connectivity index (χ0v) is 36.2. The number of hydrogen-bond acceptors (Lipinski definition) is 8. The molecular formula is C48H74O8S. The first-order chi connectivity index (χ1) is 27.9. The van der Waals surface area contributed by atoms with Crippen molar-refractivity contribution >= 4 is 21.8 Å². The number of sulfone groups is 1. The summed E-state index contributed by atoms with van der Waals surface area (Å²) in [5, 5.41) is 0. The smallest absolute Gasteiger partial charge is 0.330 e. The number of unbranched alkanes of at least 4 members (excludes halogenated alkanes) is 22. The first kappa shape index (κ1) is 49.6. The number of benzene rings is 2. The van der Waals surface area contributed by atoms with Crippen LogP contribution in [-0.4, -0.2) is 46.8 Å². The molecule has 0 unspecified atom stereocenters. The molecule has 0 aliphatic carbocycles. The van der Waals surface area contributed by atoms with Crippen LogP contribution >= 0.6 is 0 Å². The minimum Gasteiger partial charge on any atom is -0.490 e. The summed E-state index contributed by atoms with van der Waals surface area (Å²) in [6.45, 7) is 4.99. The highest BCUT2D eigenvalue weighted by atomic mass is 32.2. The Labute approximate surface area is 346 Å². The van der Waals surface area contributed by atoms with Crippen LogP contribution in [-0.2, 0) is 28.9 Å². The predicted molar refractivity (Wildman–Crippen MR) is 232 cm³/mol. The molecule has 9 heteroatoms. The monoisotopic (exact) mass is 811 g/mol. The average molecular weight is 811 g/mol. The quantitative estimate of drug-likeness (QED) is 0.0381. The maximum absolute atomic E-state index is 13.2. The summed E-state index contributed by atoms with van der Waals surface area (Å²) in [7, 11) is -3.76. The Hall–Kier alpha value is -3.59. The van der Waals surface area contributed by atoms with E-state index in [1.807, 2.05) is 12.2 Å². The summed E-state index contributed by atoms with van der Waals surface area (Å²) in [4.78, 5) is 24.3. The number of ether oxygens (including phenoxy) is 4. The van der Waals surface area contributed by atoms with Crippen LogP contribution in [0.4, 0.5) is 0 Å².